The maximum atomic E-state index is 13.8. The fourth-order valence-corrected chi connectivity index (χ4v) is 10.7. The van der Waals surface area contributed by atoms with Crippen molar-refractivity contribution in [3.8, 4) is 0 Å². The molecule has 0 aromatic carbocycles. The summed E-state index contributed by atoms with van der Waals surface area (Å²) < 4.78 is 94.7. The SMILES string of the molecule is COC1C(COP(=O)(O)OC2CC(CCP(=O)(O)OC)OC2n2cnc3c(N)ncnc32)OC(n2cnc3c(N)ncnc32)C1OP(=O)(O)OCC1OC(n2cnc3c(N)ncnc32)C(O)C1O. The Morgan fingerprint density at radius 1 is 0.632 bits per heavy atom. The fourth-order valence-electron chi connectivity index (χ4n) is 8.09. The number of hydrogen-bond acceptors (Lipinski definition) is 26. The van der Waals surface area contributed by atoms with Gasteiger partial charge in [-0.2, -0.15) is 0 Å². The highest BCUT2D eigenvalue weighted by molar-refractivity contribution is 7.52. The van der Waals surface area contributed by atoms with Crippen LogP contribution in [0.1, 0.15) is 31.5 Å². The normalized spacial score (nSPS) is 30.3. The summed E-state index contributed by atoms with van der Waals surface area (Å²) in [6.45, 7) is -1.57. The third-order valence-corrected chi connectivity index (χ3v) is 14.8. The number of aliphatic hydroxyl groups is 2. The summed E-state index contributed by atoms with van der Waals surface area (Å²) in [5.41, 5.74) is 18.9. The number of imidazole rings is 3. The molecule has 11 N–H and O–H groups in total. The standard InChI is InChI=1S/C33H44N15O17P3/c1-57-23-17(7-60-67(53,54)64-15-5-14(3-4-66(51,52)58-2)61-31(15)46-11-43-18-25(34)37-8-40-28(18)46)63-33(48-13-45-20-27(36)39-10-42-30(20)48)24(23)65-68(55,56)59-6-16-21(49)22(50)32(62-16)47-12-44-19-26(35)38-9-41-29(19)47/h8-17,21-24,31-33,49-50H,3-7H2,1-2H3,(H,51,52)(H,53,54)(H,55,56)(H2,34,37,40)(H2,35,38,41)(H2,36,39,42). The molecule has 35 heteroatoms. The minimum atomic E-state index is -5.23. The molecular weight excluding hydrogens is 971 g/mol. The molecule has 14 unspecified atom stereocenters. The summed E-state index contributed by atoms with van der Waals surface area (Å²) in [5.74, 6) is 0.0840. The number of nitrogen functional groups attached to an aromatic ring is 3. The quantitative estimate of drug-likeness (QED) is 0.0493. The summed E-state index contributed by atoms with van der Waals surface area (Å²) in [4.78, 5) is 69.3. The minimum Gasteiger partial charge on any atom is -0.387 e. The van der Waals surface area contributed by atoms with Crippen molar-refractivity contribution in [3.05, 3.63) is 38.0 Å². The number of anilines is 3. The van der Waals surface area contributed by atoms with Crippen LogP contribution in [0.15, 0.2) is 38.0 Å². The van der Waals surface area contributed by atoms with Crippen molar-refractivity contribution in [1.29, 1.82) is 0 Å². The lowest BCUT2D eigenvalue weighted by Crippen LogP contribution is -2.37. The van der Waals surface area contributed by atoms with Gasteiger partial charge in [0, 0.05) is 20.6 Å². The summed E-state index contributed by atoms with van der Waals surface area (Å²) in [7, 11) is -12.0. The molecule has 0 radical (unpaired) electrons. The van der Waals surface area contributed by atoms with E-state index >= 15 is 0 Å². The molecule has 3 saturated heterocycles. The van der Waals surface area contributed by atoms with Crippen LogP contribution in [-0.2, 0) is 55.3 Å². The van der Waals surface area contributed by atoms with E-state index in [0.29, 0.717) is 0 Å². The Hall–Kier alpha value is -4.82. The fraction of sp³-hybridized carbons (Fsp3) is 0.545. The van der Waals surface area contributed by atoms with E-state index in [4.69, 9.17) is 58.8 Å². The first-order valence-electron chi connectivity index (χ1n) is 20.2. The van der Waals surface area contributed by atoms with E-state index < -0.39 is 104 Å². The zero-order valence-electron chi connectivity index (χ0n) is 35.4. The van der Waals surface area contributed by atoms with Crippen molar-refractivity contribution >= 4 is 74.2 Å². The lowest BCUT2D eigenvalue weighted by molar-refractivity contribution is -0.0634. The molecule has 14 atom stereocenters. The van der Waals surface area contributed by atoms with Gasteiger partial charge in [0.25, 0.3) is 0 Å². The molecule has 9 rings (SSSR count). The van der Waals surface area contributed by atoms with Crippen LogP contribution in [0.5, 0.6) is 0 Å². The molecule has 6 aromatic rings. The van der Waals surface area contributed by atoms with Crippen LogP contribution < -0.4 is 17.2 Å². The molecule has 0 saturated carbocycles. The largest absolute Gasteiger partial charge is 0.472 e. The number of nitrogens with zero attached hydrogens (tertiary/aromatic N) is 12. The van der Waals surface area contributed by atoms with Gasteiger partial charge in [0.15, 0.2) is 53.1 Å². The van der Waals surface area contributed by atoms with Crippen molar-refractivity contribution in [1.82, 2.24) is 58.6 Å². The van der Waals surface area contributed by atoms with E-state index in [1.165, 1.54) is 52.4 Å². The Morgan fingerprint density at radius 3 is 1.65 bits per heavy atom. The Balaban J connectivity index is 0.922. The molecule has 368 valence electrons. The smallest absolute Gasteiger partial charge is 0.387 e. The second-order valence-corrected chi connectivity index (χ2v) is 20.4. The van der Waals surface area contributed by atoms with Crippen LogP contribution >= 0.6 is 23.2 Å². The number of aromatic nitrogens is 12. The zero-order chi connectivity index (χ0) is 48.3. The molecule has 3 aliphatic rings. The average molecular weight is 1020 g/mol. The first-order valence-corrected chi connectivity index (χ1v) is 25.0. The molecule has 0 bridgehead atoms. The average Bonchev–Trinajstić information content (AvgIpc) is 4.17. The summed E-state index contributed by atoms with van der Waals surface area (Å²) in [6.07, 6.45) is -8.11. The van der Waals surface area contributed by atoms with Gasteiger partial charge in [-0.1, -0.05) is 0 Å². The topological polar surface area (TPSA) is 444 Å². The molecule has 68 heavy (non-hydrogen) atoms. The number of phosphoric acid groups is 2. The summed E-state index contributed by atoms with van der Waals surface area (Å²) in [5, 5.41) is 21.8. The number of phosphoric ester groups is 2. The molecule has 3 aliphatic heterocycles. The first-order chi connectivity index (χ1) is 32.4. The van der Waals surface area contributed by atoms with Gasteiger partial charge < -0.3 is 65.6 Å². The van der Waals surface area contributed by atoms with Gasteiger partial charge in [-0.15, -0.1) is 0 Å². The predicted molar refractivity (Wildman–Crippen MR) is 226 cm³/mol. The van der Waals surface area contributed by atoms with Gasteiger partial charge in [0.1, 0.15) is 78.3 Å². The van der Waals surface area contributed by atoms with E-state index in [9.17, 15) is 38.6 Å². The lowest BCUT2D eigenvalue weighted by atomic mass is 10.1. The van der Waals surface area contributed by atoms with E-state index in [2.05, 4.69) is 44.9 Å². The molecule has 32 nitrogen and oxygen atoms in total. The first kappa shape index (κ1) is 48.2. The van der Waals surface area contributed by atoms with E-state index in [1.807, 2.05) is 0 Å². The van der Waals surface area contributed by atoms with Gasteiger partial charge in [0.05, 0.1) is 44.5 Å². The molecular formula is C33H44N15O17P3. The monoisotopic (exact) mass is 1020 g/mol. The number of hydrogen-bond donors (Lipinski definition) is 8. The minimum absolute atomic E-state index is 0.0164. The van der Waals surface area contributed by atoms with Crippen molar-refractivity contribution in [2.45, 2.75) is 80.4 Å². The van der Waals surface area contributed by atoms with Gasteiger partial charge >= 0.3 is 23.2 Å². The molecule has 0 spiro atoms. The molecule has 9 heterocycles. The lowest BCUT2D eigenvalue weighted by Gasteiger charge is -2.26. The van der Waals surface area contributed by atoms with Crippen molar-refractivity contribution in [3.63, 3.8) is 0 Å². The number of methoxy groups -OCH3 is 1. The van der Waals surface area contributed by atoms with Gasteiger partial charge in [-0.3, -0.25) is 36.4 Å². The zero-order valence-corrected chi connectivity index (χ0v) is 38.1. The third-order valence-electron chi connectivity index (χ3n) is 11.4. The van der Waals surface area contributed by atoms with Crippen molar-refractivity contribution in [2.75, 3.05) is 50.8 Å². The Labute approximate surface area is 381 Å². The van der Waals surface area contributed by atoms with Crippen molar-refractivity contribution < 1.29 is 80.2 Å². The number of ether oxygens (including phenoxy) is 4. The summed E-state index contributed by atoms with van der Waals surface area (Å²) in [6, 6.07) is 0. The van der Waals surface area contributed by atoms with Gasteiger partial charge in [0.2, 0.25) is 0 Å². The predicted octanol–water partition coefficient (Wildman–Crippen LogP) is -0.702. The van der Waals surface area contributed by atoms with Crippen molar-refractivity contribution in [2.24, 2.45) is 0 Å². The second-order valence-electron chi connectivity index (χ2n) is 15.5. The summed E-state index contributed by atoms with van der Waals surface area (Å²) >= 11 is 0. The highest BCUT2D eigenvalue weighted by Gasteiger charge is 2.53. The maximum absolute atomic E-state index is 13.8. The Kier molecular flexibility index (Phi) is 13.3. The van der Waals surface area contributed by atoms with Gasteiger partial charge in [-0.25, -0.2) is 54.0 Å². The number of rotatable bonds is 18. The van der Waals surface area contributed by atoms with Crippen LogP contribution in [0.4, 0.5) is 17.5 Å². The Bertz CT molecular complexity index is 2950. The van der Waals surface area contributed by atoms with Crippen LogP contribution in [0.25, 0.3) is 33.5 Å². The van der Waals surface area contributed by atoms with E-state index in [0.717, 1.165) is 13.4 Å². The molecule has 6 aromatic heterocycles. The number of fused-ring (bicyclic) bond motifs is 3. The number of nitrogens with two attached hydrogens (primary N) is 3. The maximum Gasteiger partial charge on any atom is 0.472 e. The van der Waals surface area contributed by atoms with Crippen LogP contribution in [-0.4, -0.2) is 166 Å². The highest BCUT2D eigenvalue weighted by Crippen LogP contribution is 2.54. The van der Waals surface area contributed by atoms with E-state index in [-0.39, 0.29) is 69.9 Å². The second kappa shape index (κ2) is 18.8. The Morgan fingerprint density at radius 2 is 1.12 bits per heavy atom. The number of aliphatic hydroxyl groups excluding tert-OH is 2. The van der Waals surface area contributed by atoms with Crippen LogP contribution in [0, 0.1) is 0 Å². The molecule has 0 aliphatic carbocycles. The third kappa shape index (κ3) is 9.44. The molecule has 3 fully saturated rings. The van der Waals surface area contributed by atoms with Crippen LogP contribution in [0.2, 0.25) is 0 Å². The highest BCUT2D eigenvalue weighted by atomic mass is 31.2. The van der Waals surface area contributed by atoms with Gasteiger partial charge in [-0.05, 0) is 6.42 Å². The molecule has 0 amide bonds. The van der Waals surface area contributed by atoms with E-state index in [1.54, 1.807) is 0 Å². The van der Waals surface area contributed by atoms with Crippen LogP contribution in [0.3, 0.4) is 0 Å².